The van der Waals surface area contributed by atoms with E-state index >= 15 is 0 Å². The van der Waals surface area contributed by atoms with Gasteiger partial charge in [-0.15, -0.1) is 0 Å². The minimum absolute atomic E-state index is 0.0129. The molecule has 0 spiro atoms. The molecule has 0 aromatic heterocycles. The molecule has 2 aromatic carbocycles. The largest absolute Gasteiger partial charge is 0.488 e. The number of carbonyl (C=O) groups is 2. The predicted octanol–water partition coefficient (Wildman–Crippen LogP) is 4.66. The number of aryl methyl sites for hydroxylation is 1. The molecular formula is C24H27NO3. The van der Waals surface area contributed by atoms with Gasteiger partial charge in [0.25, 0.3) is 5.91 Å². The number of allylic oxidation sites excluding steroid dienone is 1. The summed E-state index contributed by atoms with van der Waals surface area (Å²) in [6, 6.07) is 13.8. The van der Waals surface area contributed by atoms with Crippen molar-refractivity contribution in [1.82, 2.24) is 4.90 Å². The average Bonchev–Trinajstić information content (AvgIpc) is 2.72. The van der Waals surface area contributed by atoms with E-state index in [2.05, 4.69) is 6.58 Å². The lowest BCUT2D eigenvalue weighted by Gasteiger charge is -2.30. The van der Waals surface area contributed by atoms with E-state index in [9.17, 15) is 9.59 Å². The molecule has 0 aliphatic carbocycles. The molecule has 1 heterocycles. The molecule has 4 heteroatoms. The highest BCUT2D eigenvalue weighted by atomic mass is 16.5. The van der Waals surface area contributed by atoms with E-state index in [0.29, 0.717) is 25.3 Å². The highest BCUT2D eigenvalue weighted by Crippen LogP contribution is 2.30. The van der Waals surface area contributed by atoms with Gasteiger partial charge in [-0.05, 0) is 55.5 Å². The van der Waals surface area contributed by atoms with Gasteiger partial charge in [-0.3, -0.25) is 4.79 Å². The molecule has 0 N–H and O–H groups in total. The van der Waals surface area contributed by atoms with Crippen molar-refractivity contribution in [1.29, 1.82) is 0 Å². The van der Waals surface area contributed by atoms with Gasteiger partial charge < -0.3 is 14.4 Å². The number of aldehydes is 1. The van der Waals surface area contributed by atoms with Gasteiger partial charge in [0.05, 0.1) is 0 Å². The van der Waals surface area contributed by atoms with Gasteiger partial charge >= 0.3 is 0 Å². The highest BCUT2D eigenvalue weighted by Gasteiger charge is 2.25. The Balaban J connectivity index is 1.81. The maximum Gasteiger partial charge on any atom is 0.254 e. The smallest absolute Gasteiger partial charge is 0.254 e. The Morgan fingerprint density at radius 2 is 1.86 bits per heavy atom. The maximum atomic E-state index is 13.0. The molecule has 1 saturated heterocycles. The Morgan fingerprint density at radius 3 is 2.46 bits per heavy atom. The molecule has 2 aromatic rings. The zero-order valence-electron chi connectivity index (χ0n) is 16.6. The quantitative estimate of drug-likeness (QED) is 0.688. The van der Waals surface area contributed by atoms with Crippen LogP contribution in [0.15, 0.2) is 49.0 Å². The second-order valence-corrected chi connectivity index (χ2v) is 7.48. The van der Waals surface area contributed by atoms with Crippen LogP contribution >= 0.6 is 0 Å². The number of hydrogen-bond acceptors (Lipinski definition) is 3. The Morgan fingerprint density at radius 1 is 1.18 bits per heavy atom. The van der Waals surface area contributed by atoms with E-state index in [4.69, 9.17) is 4.74 Å². The topological polar surface area (TPSA) is 46.6 Å². The van der Waals surface area contributed by atoms with Crippen LogP contribution in [-0.4, -0.2) is 30.2 Å². The van der Waals surface area contributed by atoms with E-state index in [1.54, 1.807) is 0 Å². The first kappa shape index (κ1) is 19.9. The van der Waals surface area contributed by atoms with Crippen LogP contribution in [0.4, 0.5) is 0 Å². The average molecular weight is 377 g/mol. The van der Waals surface area contributed by atoms with Gasteiger partial charge in [0.1, 0.15) is 18.6 Å². The summed E-state index contributed by atoms with van der Waals surface area (Å²) in [5, 5.41) is 0. The fourth-order valence-corrected chi connectivity index (χ4v) is 3.51. The number of amides is 1. The molecule has 146 valence electrons. The zero-order chi connectivity index (χ0) is 20.1. The van der Waals surface area contributed by atoms with Crippen molar-refractivity contribution in [3.8, 4) is 5.75 Å². The van der Waals surface area contributed by atoms with Crippen molar-refractivity contribution in [3.63, 3.8) is 0 Å². The van der Waals surface area contributed by atoms with Crippen molar-refractivity contribution < 1.29 is 14.3 Å². The molecule has 0 saturated carbocycles. The summed E-state index contributed by atoms with van der Waals surface area (Å²) in [4.78, 5) is 25.8. The summed E-state index contributed by atoms with van der Waals surface area (Å²) in [5.74, 6) is 0.828. The number of rotatable bonds is 6. The van der Waals surface area contributed by atoms with Crippen LogP contribution in [0.2, 0.25) is 0 Å². The molecule has 1 aliphatic rings. The molecule has 1 aliphatic heterocycles. The standard InChI is InChI=1S/C24H27NO3/c1-17(2)21-14-22(24(27)25-11-9-19(15-26)10-12-25)18(3)13-23(21)28-16-20-7-5-4-6-8-20/h4-8,13-15,19H,1,9-12,16H2,2-3H3. The molecule has 0 bridgehead atoms. The Kier molecular flexibility index (Phi) is 6.30. The number of benzene rings is 2. The highest BCUT2D eigenvalue weighted by molar-refractivity contribution is 5.97. The zero-order valence-corrected chi connectivity index (χ0v) is 16.6. The second kappa shape index (κ2) is 8.87. The third kappa shape index (κ3) is 4.50. The Bertz CT molecular complexity index is 865. The van der Waals surface area contributed by atoms with Crippen molar-refractivity contribution in [3.05, 3.63) is 71.3 Å². The number of nitrogens with zero attached hydrogens (tertiary/aromatic N) is 1. The van der Waals surface area contributed by atoms with E-state index < -0.39 is 0 Å². The Hall–Kier alpha value is -2.88. The fraction of sp³-hybridized carbons (Fsp3) is 0.333. The van der Waals surface area contributed by atoms with Gasteiger partial charge in [-0.2, -0.15) is 0 Å². The summed E-state index contributed by atoms with van der Waals surface area (Å²) >= 11 is 0. The summed E-state index contributed by atoms with van der Waals surface area (Å²) in [6.45, 7) is 9.62. The normalized spacial score (nSPS) is 14.6. The van der Waals surface area contributed by atoms with Crippen LogP contribution in [0.25, 0.3) is 5.57 Å². The van der Waals surface area contributed by atoms with Crippen LogP contribution in [0.1, 0.15) is 46.8 Å². The van der Waals surface area contributed by atoms with Crippen molar-refractivity contribution in [2.45, 2.75) is 33.3 Å². The molecular weight excluding hydrogens is 350 g/mol. The van der Waals surface area contributed by atoms with Gasteiger partial charge in [0, 0.05) is 30.1 Å². The van der Waals surface area contributed by atoms with Crippen LogP contribution in [-0.2, 0) is 11.4 Å². The monoisotopic (exact) mass is 377 g/mol. The van der Waals surface area contributed by atoms with E-state index in [0.717, 1.165) is 47.1 Å². The summed E-state index contributed by atoms with van der Waals surface area (Å²) < 4.78 is 6.05. The third-order valence-corrected chi connectivity index (χ3v) is 5.27. The van der Waals surface area contributed by atoms with Gasteiger partial charge in [-0.1, -0.05) is 36.9 Å². The van der Waals surface area contributed by atoms with E-state index in [-0.39, 0.29) is 11.8 Å². The van der Waals surface area contributed by atoms with Crippen molar-refractivity contribution in [2.24, 2.45) is 5.92 Å². The number of carbonyl (C=O) groups excluding carboxylic acids is 2. The second-order valence-electron chi connectivity index (χ2n) is 7.48. The van der Waals surface area contributed by atoms with Crippen LogP contribution < -0.4 is 4.74 Å². The molecule has 1 fully saturated rings. The minimum Gasteiger partial charge on any atom is -0.488 e. The summed E-state index contributed by atoms with van der Waals surface area (Å²) in [6.07, 6.45) is 2.48. The SMILES string of the molecule is C=C(C)c1cc(C(=O)N2CCC(C=O)CC2)c(C)cc1OCc1ccccc1. The number of hydrogen-bond donors (Lipinski definition) is 0. The van der Waals surface area contributed by atoms with Crippen molar-refractivity contribution >= 4 is 17.8 Å². The predicted molar refractivity (Wildman–Crippen MR) is 111 cm³/mol. The molecule has 1 amide bonds. The van der Waals surface area contributed by atoms with Crippen LogP contribution in [0.5, 0.6) is 5.75 Å². The molecule has 28 heavy (non-hydrogen) atoms. The summed E-state index contributed by atoms with van der Waals surface area (Å²) in [7, 11) is 0. The third-order valence-electron chi connectivity index (χ3n) is 5.27. The summed E-state index contributed by atoms with van der Waals surface area (Å²) in [5.41, 5.74) is 4.36. The maximum absolute atomic E-state index is 13.0. The number of piperidine rings is 1. The van der Waals surface area contributed by atoms with E-state index in [1.807, 2.05) is 61.2 Å². The Labute approximate surface area is 166 Å². The first-order valence-corrected chi connectivity index (χ1v) is 9.71. The molecule has 0 radical (unpaired) electrons. The van der Waals surface area contributed by atoms with Gasteiger partial charge in [-0.25, -0.2) is 0 Å². The lowest BCUT2D eigenvalue weighted by atomic mass is 9.96. The molecule has 0 unspecified atom stereocenters. The van der Waals surface area contributed by atoms with Crippen molar-refractivity contribution in [2.75, 3.05) is 13.1 Å². The first-order valence-electron chi connectivity index (χ1n) is 9.71. The lowest BCUT2D eigenvalue weighted by Crippen LogP contribution is -2.39. The lowest BCUT2D eigenvalue weighted by molar-refractivity contribution is -0.112. The van der Waals surface area contributed by atoms with Gasteiger partial charge in [0.15, 0.2) is 0 Å². The van der Waals surface area contributed by atoms with E-state index in [1.165, 1.54) is 0 Å². The van der Waals surface area contributed by atoms with Crippen LogP contribution in [0.3, 0.4) is 0 Å². The molecule has 4 nitrogen and oxygen atoms in total. The van der Waals surface area contributed by atoms with Crippen LogP contribution in [0, 0.1) is 12.8 Å². The number of likely N-dealkylation sites (tertiary alicyclic amines) is 1. The molecule has 0 atom stereocenters. The number of ether oxygens (including phenoxy) is 1. The van der Waals surface area contributed by atoms with Gasteiger partial charge in [0.2, 0.25) is 0 Å². The minimum atomic E-state index is 0.0129. The molecule has 3 rings (SSSR count). The first-order chi connectivity index (χ1) is 13.5. The fourth-order valence-electron chi connectivity index (χ4n) is 3.51.